The van der Waals surface area contributed by atoms with E-state index >= 15 is 0 Å². The van der Waals surface area contributed by atoms with Crippen molar-refractivity contribution in [3.8, 4) is 0 Å². The van der Waals surface area contributed by atoms with Crippen molar-refractivity contribution in [3.63, 3.8) is 0 Å². The molecule has 2 saturated heterocycles. The number of nitrogens with zero attached hydrogens (tertiary/aromatic N) is 4. The molecular weight excluding hydrogens is 304 g/mol. The van der Waals surface area contributed by atoms with Crippen LogP contribution in [0.3, 0.4) is 0 Å². The lowest BCUT2D eigenvalue weighted by atomic mass is 10.0. The summed E-state index contributed by atoms with van der Waals surface area (Å²) in [6.07, 6.45) is 5.43. The number of aryl methyl sites for hydroxylation is 1. The van der Waals surface area contributed by atoms with Gasteiger partial charge in [0, 0.05) is 45.0 Å². The van der Waals surface area contributed by atoms with Crippen LogP contribution < -0.4 is 0 Å². The van der Waals surface area contributed by atoms with Crippen LogP contribution in [0.4, 0.5) is 0 Å². The fourth-order valence-electron chi connectivity index (χ4n) is 3.16. The van der Waals surface area contributed by atoms with Crippen LogP contribution >= 0.6 is 0 Å². The summed E-state index contributed by atoms with van der Waals surface area (Å²) in [6, 6.07) is 0. The predicted molar refractivity (Wildman–Crippen MR) is 82.4 cm³/mol. The van der Waals surface area contributed by atoms with Crippen LogP contribution in [0.5, 0.6) is 0 Å². The molecule has 0 radical (unpaired) electrons. The van der Waals surface area contributed by atoms with Gasteiger partial charge in [-0.25, -0.2) is 0 Å². The van der Waals surface area contributed by atoms with Gasteiger partial charge in [-0.15, -0.1) is 0 Å². The van der Waals surface area contributed by atoms with E-state index in [0.29, 0.717) is 38.7 Å². The van der Waals surface area contributed by atoms with E-state index in [9.17, 15) is 8.42 Å². The zero-order valence-electron chi connectivity index (χ0n) is 13.2. The maximum atomic E-state index is 12.8. The van der Waals surface area contributed by atoms with Crippen molar-refractivity contribution in [1.82, 2.24) is 18.4 Å². The highest BCUT2D eigenvalue weighted by molar-refractivity contribution is 7.86. The summed E-state index contributed by atoms with van der Waals surface area (Å²) in [5.74, 6) is 0.429. The third-order valence-corrected chi connectivity index (χ3v) is 6.37. The second kappa shape index (κ2) is 6.27. The number of morpholine rings is 1. The molecule has 2 aliphatic heterocycles. The minimum absolute atomic E-state index is 0.237. The molecule has 0 unspecified atom stereocenters. The number of hydrogen-bond donors (Lipinski definition) is 0. The third kappa shape index (κ3) is 3.19. The molecule has 2 aliphatic rings. The van der Waals surface area contributed by atoms with Crippen LogP contribution in [0.25, 0.3) is 0 Å². The summed E-state index contributed by atoms with van der Waals surface area (Å²) in [5.41, 5.74) is 0.925. The van der Waals surface area contributed by atoms with E-state index in [0.717, 1.165) is 18.4 Å². The molecular formula is C14H24N4O3S. The van der Waals surface area contributed by atoms with E-state index in [1.54, 1.807) is 19.5 Å². The zero-order chi connectivity index (χ0) is 15.7. The fourth-order valence-corrected chi connectivity index (χ4v) is 4.92. The van der Waals surface area contributed by atoms with Gasteiger partial charge >= 0.3 is 0 Å². The Morgan fingerprint density at radius 2 is 2.05 bits per heavy atom. The molecule has 2 atom stereocenters. The molecule has 0 spiro atoms. The van der Waals surface area contributed by atoms with Crippen LogP contribution in [-0.4, -0.2) is 59.6 Å². The number of aromatic nitrogens is 2. The molecule has 124 valence electrons. The number of rotatable bonds is 3. The van der Waals surface area contributed by atoms with Crippen molar-refractivity contribution >= 4 is 10.2 Å². The molecule has 3 rings (SSSR count). The van der Waals surface area contributed by atoms with Crippen molar-refractivity contribution < 1.29 is 13.2 Å². The zero-order valence-corrected chi connectivity index (χ0v) is 14.0. The SMILES string of the molecule is C[C@@H]1CCCN(S(=O)(=O)N2CCO[C@@H](c3cnn(C)c3)C2)C1. The number of piperidine rings is 1. The Morgan fingerprint density at radius 3 is 2.73 bits per heavy atom. The smallest absolute Gasteiger partial charge is 0.282 e. The highest BCUT2D eigenvalue weighted by atomic mass is 32.2. The summed E-state index contributed by atoms with van der Waals surface area (Å²) >= 11 is 0. The first-order chi connectivity index (χ1) is 10.5. The Kier molecular flexibility index (Phi) is 4.54. The van der Waals surface area contributed by atoms with Crippen LogP contribution in [0.15, 0.2) is 12.4 Å². The average Bonchev–Trinajstić information content (AvgIpc) is 2.94. The molecule has 0 aromatic carbocycles. The third-order valence-electron chi connectivity index (χ3n) is 4.40. The van der Waals surface area contributed by atoms with Crippen LogP contribution in [0.2, 0.25) is 0 Å². The molecule has 3 heterocycles. The van der Waals surface area contributed by atoms with Crippen molar-refractivity contribution in [3.05, 3.63) is 18.0 Å². The quantitative estimate of drug-likeness (QED) is 0.822. The van der Waals surface area contributed by atoms with Gasteiger partial charge in [-0.2, -0.15) is 22.1 Å². The standard InChI is InChI=1S/C14H24N4O3S/c1-12-4-3-5-17(9-12)22(19,20)18-6-7-21-14(11-18)13-8-15-16(2)10-13/h8,10,12,14H,3-7,9,11H2,1-2H3/t12-,14-/m1/s1. The summed E-state index contributed by atoms with van der Waals surface area (Å²) < 4.78 is 36.3. The Labute approximate surface area is 132 Å². The lowest BCUT2D eigenvalue weighted by Gasteiger charge is -2.37. The van der Waals surface area contributed by atoms with E-state index < -0.39 is 10.2 Å². The molecule has 2 fully saturated rings. The first-order valence-electron chi connectivity index (χ1n) is 7.82. The highest BCUT2D eigenvalue weighted by Gasteiger charge is 2.36. The maximum Gasteiger partial charge on any atom is 0.282 e. The van der Waals surface area contributed by atoms with E-state index in [-0.39, 0.29) is 6.10 Å². The second-order valence-corrected chi connectivity index (χ2v) is 8.21. The normalized spacial score (nSPS) is 28.8. The van der Waals surface area contributed by atoms with Gasteiger partial charge in [0.1, 0.15) is 0 Å². The molecule has 1 aromatic heterocycles. The Balaban J connectivity index is 1.73. The molecule has 0 saturated carbocycles. The fraction of sp³-hybridized carbons (Fsp3) is 0.786. The Morgan fingerprint density at radius 1 is 1.27 bits per heavy atom. The Hall–Kier alpha value is -0.960. The largest absolute Gasteiger partial charge is 0.371 e. The van der Waals surface area contributed by atoms with Gasteiger partial charge in [0.15, 0.2) is 0 Å². The average molecular weight is 328 g/mol. The van der Waals surface area contributed by atoms with E-state index in [4.69, 9.17) is 4.74 Å². The first kappa shape index (κ1) is 15.9. The highest BCUT2D eigenvalue weighted by Crippen LogP contribution is 2.26. The minimum atomic E-state index is -3.39. The molecule has 8 heteroatoms. The van der Waals surface area contributed by atoms with Crippen LogP contribution in [0.1, 0.15) is 31.4 Å². The molecule has 1 aromatic rings. The molecule has 0 amide bonds. The summed E-state index contributed by atoms with van der Waals surface area (Å²) in [5, 5.41) is 4.14. The van der Waals surface area contributed by atoms with Crippen molar-refractivity contribution in [2.24, 2.45) is 13.0 Å². The van der Waals surface area contributed by atoms with E-state index in [1.165, 1.54) is 0 Å². The first-order valence-corrected chi connectivity index (χ1v) is 9.22. The van der Waals surface area contributed by atoms with E-state index in [1.807, 2.05) is 13.2 Å². The lowest BCUT2D eigenvalue weighted by molar-refractivity contribution is -0.00473. The van der Waals surface area contributed by atoms with Crippen molar-refractivity contribution in [2.75, 3.05) is 32.8 Å². The van der Waals surface area contributed by atoms with Gasteiger partial charge in [0.05, 0.1) is 18.9 Å². The van der Waals surface area contributed by atoms with Crippen molar-refractivity contribution in [2.45, 2.75) is 25.9 Å². The van der Waals surface area contributed by atoms with Crippen LogP contribution in [-0.2, 0) is 22.0 Å². The lowest BCUT2D eigenvalue weighted by Crippen LogP contribution is -2.51. The predicted octanol–water partition coefficient (Wildman–Crippen LogP) is 0.770. The van der Waals surface area contributed by atoms with Gasteiger partial charge < -0.3 is 4.74 Å². The maximum absolute atomic E-state index is 12.8. The van der Waals surface area contributed by atoms with Gasteiger partial charge in [-0.05, 0) is 18.8 Å². The van der Waals surface area contributed by atoms with Gasteiger partial charge in [0.2, 0.25) is 0 Å². The molecule has 0 N–H and O–H groups in total. The monoisotopic (exact) mass is 328 g/mol. The van der Waals surface area contributed by atoms with Gasteiger partial charge in [-0.3, -0.25) is 4.68 Å². The van der Waals surface area contributed by atoms with E-state index in [2.05, 4.69) is 12.0 Å². The second-order valence-electron chi connectivity index (χ2n) is 6.28. The van der Waals surface area contributed by atoms with Crippen LogP contribution in [0, 0.1) is 5.92 Å². The molecule has 0 bridgehead atoms. The van der Waals surface area contributed by atoms with Gasteiger partial charge in [-0.1, -0.05) is 6.92 Å². The summed E-state index contributed by atoms with van der Waals surface area (Å²) in [6.45, 7) is 4.56. The van der Waals surface area contributed by atoms with Crippen molar-refractivity contribution in [1.29, 1.82) is 0 Å². The minimum Gasteiger partial charge on any atom is -0.371 e. The molecule has 22 heavy (non-hydrogen) atoms. The summed E-state index contributed by atoms with van der Waals surface area (Å²) in [4.78, 5) is 0. The van der Waals surface area contributed by atoms with Gasteiger partial charge in [0.25, 0.3) is 10.2 Å². The topological polar surface area (TPSA) is 67.7 Å². The Bertz CT molecular complexity index is 615. The number of hydrogen-bond acceptors (Lipinski definition) is 4. The number of ether oxygens (including phenoxy) is 1. The molecule has 0 aliphatic carbocycles. The summed E-state index contributed by atoms with van der Waals surface area (Å²) in [7, 11) is -1.55. The molecule has 7 nitrogen and oxygen atoms in total.